The first-order chi connectivity index (χ1) is 10.4. The second-order valence-corrected chi connectivity index (χ2v) is 5.51. The van der Waals surface area contributed by atoms with Crippen LogP contribution in [0.2, 0.25) is 0 Å². The van der Waals surface area contributed by atoms with Gasteiger partial charge in [0.05, 0.1) is 0 Å². The van der Waals surface area contributed by atoms with Crippen LogP contribution in [0.15, 0.2) is 29.4 Å². The van der Waals surface area contributed by atoms with Gasteiger partial charge in [-0.1, -0.05) is 41.0 Å². The Morgan fingerprint density at radius 1 is 1.45 bits per heavy atom. The van der Waals surface area contributed by atoms with E-state index in [9.17, 15) is 4.79 Å². The van der Waals surface area contributed by atoms with Gasteiger partial charge < -0.3 is 14.8 Å². The number of halogens is 1. The lowest BCUT2D eigenvalue weighted by atomic mass is 10.1. The lowest BCUT2D eigenvalue weighted by molar-refractivity contribution is 0.0285. The molecule has 0 unspecified atom stereocenters. The van der Waals surface area contributed by atoms with Gasteiger partial charge in [0.15, 0.2) is 5.17 Å². The van der Waals surface area contributed by atoms with E-state index in [2.05, 4.69) is 5.16 Å². The molecule has 110 valence electrons. The van der Waals surface area contributed by atoms with Crippen LogP contribution in [0, 0.1) is 0 Å². The fraction of sp³-hybridized carbons (Fsp3) is 0.429. The second kappa shape index (κ2) is 6.61. The number of nitrogens with zero attached hydrogens (tertiary/aromatic N) is 2. The summed E-state index contributed by atoms with van der Waals surface area (Å²) in [7, 11) is 0. The first kappa shape index (κ1) is 12.0. The minimum Gasteiger partial charge on any atom is -0.444 e. The van der Waals surface area contributed by atoms with E-state index in [1.807, 2.05) is 0 Å². The zero-order valence-corrected chi connectivity index (χ0v) is 12.3. The minimum atomic E-state index is -2.63. The second-order valence-electron chi connectivity index (χ2n) is 5.15. The molecule has 1 amide bonds. The van der Waals surface area contributed by atoms with Crippen LogP contribution in [0.3, 0.4) is 0 Å². The van der Waals surface area contributed by atoms with Crippen molar-refractivity contribution >= 4 is 22.9 Å². The van der Waals surface area contributed by atoms with Crippen LogP contribution in [0.4, 0.5) is 4.79 Å². The Hall–Kier alpha value is -1.75. The molecule has 0 heterocycles. The molecule has 0 aliphatic rings. The summed E-state index contributed by atoms with van der Waals surface area (Å²) >= 11 is 5.67. The van der Waals surface area contributed by atoms with Crippen molar-refractivity contribution in [1.29, 1.82) is 0 Å². The molecule has 1 N–H and O–H groups in total. The van der Waals surface area contributed by atoms with Crippen LogP contribution in [0.25, 0.3) is 0 Å². The monoisotopic (exact) mass is 301 g/mol. The van der Waals surface area contributed by atoms with Crippen molar-refractivity contribution in [1.82, 2.24) is 4.90 Å². The topological polar surface area (TPSA) is 62.1 Å². The van der Waals surface area contributed by atoms with Gasteiger partial charge in [0, 0.05) is 23.2 Å². The van der Waals surface area contributed by atoms with Crippen LogP contribution in [0.1, 0.15) is 36.0 Å². The Kier molecular flexibility index (Phi) is 3.97. The minimum absolute atomic E-state index is 0.0867. The quantitative estimate of drug-likeness (QED) is 0.528. The summed E-state index contributed by atoms with van der Waals surface area (Å²) in [6.07, 6.45) is -0.920. The third-order valence-corrected chi connectivity index (χ3v) is 2.53. The molecule has 0 radical (unpaired) electrons. The van der Waals surface area contributed by atoms with Gasteiger partial charge in [0.2, 0.25) is 0 Å². The Bertz CT molecular complexity index is 580. The highest BCUT2D eigenvalue weighted by atomic mass is 35.5. The van der Waals surface area contributed by atoms with Crippen LogP contribution < -0.4 is 0 Å². The largest absolute Gasteiger partial charge is 0.444 e. The van der Waals surface area contributed by atoms with Gasteiger partial charge in [-0.15, -0.1) is 0 Å². The zero-order valence-electron chi connectivity index (χ0n) is 14.6. The number of carbonyl (C=O) groups excluding carboxylic acids is 1. The molecular formula is C14H19ClN2O3. The standard InChI is InChI=1S/C14H19ClN2O3/c1-14(2,3)20-13(18)17(4)9-10-5-7-11(8-6-10)12(15)16-19/h5-8,19H,9H2,1-4H3/b16-12-/i4D3. The molecule has 1 aromatic carbocycles. The van der Waals surface area contributed by atoms with Crippen molar-refractivity contribution in [2.24, 2.45) is 5.16 Å². The molecule has 5 nitrogen and oxygen atoms in total. The lowest BCUT2D eigenvalue weighted by Crippen LogP contribution is -2.33. The summed E-state index contributed by atoms with van der Waals surface area (Å²) in [6.45, 7) is 2.19. The van der Waals surface area contributed by atoms with Crippen LogP contribution in [-0.4, -0.2) is 33.9 Å². The molecule has 0 aromatic heterocycles. The fourth-order valence-corrected chi connectivity index (χ4v) is 1.50. The lowest BCUT2D eigenvalue weighted by Gasteiger charge is -2.24. The number of oxime groups is 1. The highest BCUT2D eigenvalue weighted by molar-refractivity contribution is 6.69. The maximum absolute atomic E-state index is 12.1. The van der Waals surface area contributed by atoms with Gasteiger partial charge in [-0.2, -0.15) is 0 Å². The summed E-state index contributed by atoms with van der Waals surface area (Å²) in [5, 5.41) is 11.4. The van der Waals surface area contributed by atoms with Crippen molar-refractivity contribution in [2.45, 2.75) is 32.9 Å². The SMILES string of the molecule is [2H]C([2H])([2H])N(Cc1ccc(/C(Cl)=N/O)cc1)C(=O)OC(C)(C)C. The number of carbonyl (C=O) groups is 1. The summed E-state index contributed by atoms with van der Waals surface area (Å²) in [6, 6.07) is 6.30. The van der Waals surface area contributed by atoms with Gasteiger partial charge >= 0.3 is 6.09 Å². The first-order valence-corrected chi connectivity index (χ1v) is 6.29. The van der Waals surface area contributed by atoms with E-state index >= 15 is 0 Å². The van der Waals surface area contributed by atoms with Crippen LogP contribution >= 0.6 is 11.6 Å². The van der Waals surface area contributed by atoms with Crippen molar-refractivity contribution in [3.05, 3.63) is 35.4 Å². The van der Waals surface area contributed by atoms with E-state index in [1.54, 1.807) is 45.0 Å². The molecule has 20 heavy (non-hydrogen) atoms. The van der Waals surface area contributed by atoms with Gasteiger partial charge in [-0.05, 0) is 26.3 Å². The van der Waals surface area contributed by atoms with E-state index in [-0.39, 0.29) is 11.7 Å². The summed E-state index contributed by atoms with van der Waals surface area (Å²) in [5.41, 5.74) is 0.240. The first-order valence-electron chi connectivity index (χ1n) is 7.41. The van der Waals surface area contributed by atoms with Crippen molar-refractivity contribution in [3.63, 3.8) is 0 Å². The van der Waals surface area contributed by atoms with Gasteiger partial charge in [0.25, 0.3) is 0 Å². The summed E-state index contributed by atoms with van der Waals surface area (Å²) in [5.74, 6) is 0. The van der Waals surface area contributed by atoms with E-state index in [0.29, 0.717) is 16.0 Å². The molecule has 0 saturated carbocycles. The molecule has 0 saturated heterocycles. The number of rotatable bonds is 3. The molecule has 1 aromatic rings. The maximum atomic E-state index is 12.1. The highest BCUT2D eigenvalue weighted by Gasteiger charge is 2.19. The summed E-state index contributed by atoms with van der Waals surface area (Å²) in [4.78, 5) is 12.8. The zero-order chi connectivity index (χ0) is 17.8. The van der Waals surface area contributed by atoms with Gasteiger partial charge in [0.1, 0.15) is 5.60 Å². The highest BCUT2D eigenvalue weighted by Crippen LogP contribution is 2.13. The van der Waals surface area contributed by atoms with E-state index in [0.717, 1.165) is 0 Å². The molecule has 0 atom stereocenters. The molecule has 0 fully saturated rings. The van der Waals surface area contributed by atoms with Gasteiger partial charge in [-0.3, -0.25) is 0 Å². The average Bonchev–Trinajstić information content (AvgIpc) is 2.41. The number of amides is 1. The predicted octanol–water partition coefficient (Wildman–Crippen LogP) is 3.43. The third kappa shape index (κ3) is 5.09. The average molecular weight is 302 g/mol. The van der Waals surface area contributed by atoms with Crippen molar-refractivity contribution in [2.75, 3.05) is 6.98 Å². The van der Waals surface area contributed by atoms with Crippen molar-refractivity contribution < 1.29 is 18.9 Å². The van der Waals surface area contributed by atoms with E-state index < -0.39 is 18.7 Å². The maximum Gasteiger partial charge on any atom is 0.410 e. The number of hydrogen-bond donors (Lipinski definition) is 1. The predicted molar refractivity (Wildman–Crippen MR) is 78.3 cm³/mol. The number of hydrogen-bond acceptors (Lipinski definition) is 4. The summed E-state index contributed by atoms with van der Waals surface area (Å²) < 4.78 is 27.6. The molecule has 0 aliphatic heterocycles. The fourth-order valence-electron chi connectivity index (χ4n) is 1.37. The van der Waals surface area contributed by atoms with Crippen molar-refractivity contribution in [3.8, 4) is 0 Å². The number of ether oxygens (including phenoxy) is 1. The Balaban J connectivity index is 2.96. The Morgan fingerprint density at radius 2 is 2.05 bits per heavy atom. The molecular weight excluding hydrogens is 280 g/mol. The Morgan fingerprint density at radius 3 is 2.50 bits per heavy atom. The van der Waals surface area contributed by atoms with Crippen LogP contribution in [0.5, 0.6) is 0 Å². The van der Waals surface area contributed by atoms with E-state index in [4.69, 9.17) is 25.7 Å². The third-order valence-electron chi connectivity index (χ3n) is 2.23. The Labute approximate surface area is 128 Å². The smallest absolute Gasteiger partial charge is 0.410 e. The molecule has 0 spiro atoms. The molecule has 1 rings (SSSR count). The molecule has 0 bridgehead atoms. The van der Waals surface area contributed by atoms with Gasteiger partial charge in [-0.25, -0.2) is 4.79 Å². The van der Waals surface area contributed by atoms with E-state index in [1.165, 1.54) is 0 Å². The normalized spacial score (nSPS) is 15.0. The molecule has 0 aliphatic carbocycles. The molecule has 6 heteroatoms. The van der Waals surface area contributed by atoms with Crippen LogP contribution in [-0.2, 0) is 11.3 Å². The number of benzene rings is 1.